The minimum atomic E-state index is -0.301. The molecule has 7 heteroatoms. The lowest BCUT2D eigenvalue weighted by Crippen LogP contribution is -2.34. The van der Waals surface area contributed by atoms with Crippen molar-refractivity contribution < 1.29 is 14.3 Å². The van der Waals surface area contributed by atoms with Gasteiger partial charge in [-0.05, 0) is 54.7 Å². The van der Waals surface area contributed by atoms with Crippen LogP contribution in [0.1, 0.15) is 6.42 Å². The van der Waals surface area contributed by atoms with E-state index in [9.17, 15) is 9.18 Å². The van der Waals surface area contributed by atoms with Crippen LogP contribution in [-0.4, -0.2) is 41.2 Å². The van der Waals surface area contributed by atoms with Crippen molar-refractivity contribution in [3.05, 3.63) is 42.2 Å². The molecule has 1 aromatic carbocycles. The highest BCUT2D eigenvalue weighted by molar-refractivity contribution is 5.92. The lowest BCUT2D eigenvalue weighted by Gasteiger charge is -2.19. The van der Waals surface area contributed by atoms with Gasteiger partial charge in [0.05, 0.1) is 11.4 Å². The average molecular weight is 344 g/mol. The van der Waals surface area contributed by atoms with E-state index in [1.54, 1.807) is 24.3 Å². The summed E-state index contributed by atoms with van der Waals surface area (Å²) < 4.78 is 13.0. The molecule has 1 saturated heterocycles. The van der Waals surface area contributed by atoms with Crippen LogP contribution in [0.4, 0.5) is 20.7 Å². The maximum Gasteiger partial charge on any atom is 0.323 e. The number of amides is 2. The van der Waals surface area contributed by atoms with E-state index in [0.29, 0.717) is 29.0 Å². The standard InChI is InChI=1S/C17H17FN4O.CH4O/c18-13-3-1-10(2-4-13)15-6-5-14(19)16(20-15)21-17(23)22-8-11-7-12(11)9-22;1-2/h1-6,11-12H,7-9,19H2,(H,20,21,23);2H,1H3. The monoisotopic (exact) mass is 344 g/mol. The topological polar surface area (TPSA) is 91.5 Å². The van der Waals surface area contributed by atoms with Gasteiger partial charge >= 0.3 is 6.03 Å². The summed E-state index contributed by atoms with van der Waals surface area (Å²) in [5, 5.41) is 9.79. The summed E-state index contributed by atoms with van der Waals surface area (Å²) in [6, 6.07) is 9.34. The Balaban J connectivity index is 0.000000880. The molecule has 2 atom stereocenters. The number of rotatable bonds is 2. The number of nitrogen functional groups attached to an aromatic ring is 1. The second-order valence-electron chi connectivity index (χ2n) is 6.23. The molecule has 2 aromatic rings. The third kappa shape index (κ3) is 3.71. The molecule has 0 spiro atoms. The Morgan fingerprint density at radius 2 is 1.84 bits per heavy atom. The Morgan fingerprint density at radius 3 is 2.48 bits per heavy atom. The van der Waals surface area contributed by atoms with Crippen LogP contribution in [0.15, 0.2) is 36.4 Å². The molecule has 25 heavy (non-hydrogen) atoms. The number of benzene rings is 1. The van der Waals surface area contributed by atoms with Crippen LogP contribution in [0.2, 0.25) is 0 Å². The highest BCUT2D eigenvalue weighted by Crippen LogP contribution is 2.44. The fraction of sp³-hybridized carbons (Fsp3) is 0.333. The number of pyridine rings is 1. The maximum atomic E-state index is 13.0. The number of halogens is 1. The molecule has 2 fully saturated rings. The summed E-state index contributed by atoms with van der Waals surface area (Å²) in [4.78, 5) is 18.5. The number of aliphatic hydroxyl groups is 1. The number of piperidine rings is 1. The number of hydrogen-bond acceptors (Lipinski definition) is 4. The number of aromatic nitrogens is 1. The van der Waals surface area contributed by atoms with E-state index in [1.165, 1.54) is 18.6 Å². The van der Waals surface area contributed by atoms with Crippen LogP contribution in [-0.2, 0) is 0 Å². The van der Waals surface area contributed by atoms with Gasteiger partial charge in [0.25, 0.3) is 0 Å². The van der Waals surface area contributed by atoms with Gasteiger partial charge in [-0.15, -0.1) is 0 Å². The third-order valence-electron chi connectivity index (χ3n) is 4.56. The van der Waals surface area contributed by atoms with Gasteiger partial charge in [0.1, 0.15) is 5.82 Å². The summed E-state index contributed by atoms with van der Waals surface area (Å²) in [5.74, 6) is 1.40. The number of fused-ring (bicyclic) bond motifs is 1. The molecule has 1 aliphatic heterocycles. The number of carbonyl (C=O) groups excluding carboxylic acids is 1. The van der Waals surface area contributed by atoms with E-state index in [-0.39, 0.29) is 11.8 Å². The van der Waals surface area contributed by atoms with E-state index < -0.39 is 0 Å². The SMILES string of the molecule is CO.Nc1ccc(-c2ccc(F)cc2)nc1NC(=O)N1CC2CC2C1. The van der Waals surface area contributed by atoms with E-state index >= 15 is 0 Å². The lowest BCUT2D eigenvalue weighted by molar-refractivity contribution is 0.217. The van der Waals surface area contributed by atoms with E-state index in [0.717, 1.165) is 25.8 Å². The minimum absolute atomic E-state index is 0.160. The van der Waals surface area contributed by atoms with Crippen LogP contribution < -0.4 is 11.1 Å². The molecule has 6 nitrogen and oxygen atoms in total. The highest BCUT2D eigenvalue weighted by Gasteiger charge is 2.46. The average Bonchev–Trinajstić information content (AvgIpc) is 3.24. The maximum absolute atomic E-state index is 13.0. The molecule has 1 aromatic heterocycles. The Hall–Kier alpha value is -2.67. The Bertz CT molecular complexity index is 756. The smallest absolute Gasteiger partial charge is 0.323 e. The fourth-order valence-corrected chi connectivity index (χ4v) is 3.10. The second-order valence-corrected chi connectivity index (χ2v) is 6.23. The summed E-state index contributed by atoms with van der Waals surface area (Å²) >= 11 is 0. The summed E-state index contributed by atoms with van der Waals surface area (Å²) in [5.41, 5.74) is 7.74. The Morgan fingerprint density at radius 1 is 1.20 bits per heavy atom. The van der Waals surface area contributed by atoms with E-state index in [1.807, 2.05) is 4.90 Å². The van der Waals surface area contributed by atoms with E-state index in [4.69, 9.17) is 10.8 Å². The first-order chi connectivity index (χ1) is 12.1. The molecule has 4 N–H and O–H groups in total. The Labute approximate surface area is 145 Å². The van der Waals surface area contributed by atoms with E-state index in [2.05, 4.69) is 10.3 Å². The predicted octanol–water partition coefficient (Wildman–Crippen LogP) is 2.56. The van der Waals surface area contributed by atoms with Crippen LogP contribution in [0, 0.1) is 17.7 Å². The molecule has 0 bridgehead atoms. The van der Waals surface area contributed by atoms with Crippen molar-refractivity contribution in [2.75, 3.05) is 31.2 Å². The molecule has 1 saturated carbocycles. The first-order valence-electron chi connectivity index (χ1n) is 8.13. The first-order valence-corrected chi connectivity index (χ1v) is 8.13. The Kier molecular flexibility index (Phi) is 4.85. The van der Waals surface area contributed by atoms with Gasteiger partial charge in [-0.1, -0.05) is 0 Å². The minimum Gasteiger partial charge on any atom is -0.400 e. The number of carbonyl (C=O) groups is 1. The largest absolute Gasteiger partial charge is 0.400 e. The van der Waals surface area contributed by atoms with Gasteiger partial charge in [0, 0.05) is 25.8 Å². The molecular weight excluding hydrogens is 323 g/mol. The fourth-order valence-electron chi connectivity index (χ4n) is 3.10. The van der Waals surface area contributed by atoms with Crippen LogP contribution in [0.25, 0.3) is 11.3 Å². The number of nitrogens with two attached hydrogens (primary N) is 1. The van der Waals surface area contributed by atoms with Crippen LogP contribution in [0.3, 0.4) is 0 Å². The number of nitrogens with zero attached hydrogens (tertiary/aromatic N) is 2. The van der Waals surface area contributed by atoms with Crippen molar-refractivity contribution in [1.29, 1.82) is 0 Å². The molecule has 132 valence electrons. The van der Waals surface area contributed by atoms with Crippen molar-refractivity contribution in [3.63, 3.8) is 0 Å². The summed E-state index contributed by atoms with van der Waals surface area (Å²) in [7, 11) is 1.00. The van der Waals surface area contributed by atoms with Gasteiger partial charge in [-0.25, -0.2) is 14.2 Å². The molecule has 2 heterocycles. The van der Waals surface area contributed by atoms with Gasteiger partial charge in [0.15, 0.2) is 5.82 Å². The van der Waals surface area contributed by atoms with Crippen molar-refractivity contribution in [2.45, 2.75) is 6.42 Å². The molecule has 0 radical (unpaired) electrons. The van der Waals surface area contributed by atoms with Crippen LogP contribution >= 0.6 is 0 Å². The number of likely N-dealkylation sites (tertiary alicyclic amines) is 1. The molecule has 2 amide bonds. The number of hydrogen-bond donors (Lipinski definition) is 3. The summed E-state index contributed by atoms with van der Waals surface area (Å²) in [6.07, 6.45) is 1.24. The molecule has 2 aliphatic rings. The number of urea groups is 1. The first kappa shape index (κ1) is 17.2. The zero-order valence-electron chi connectivity index (χ0n) is 13.9. The van der Waals surface area contributed by atoms with Gasteiger partial charge < -0.3 is 15.7 Å². The predicted molar refractivity (Wildman–Crippen MR) is 94.4 cm³/mol. The molecule has 4 rings (SSSR count). The zero-order valence-corrected chi connectivity index (χ0v) is 13.9. The van der Waals surface area contributed by atoms with Crippen molar-refractivity contribution in [2.24, 2.45) is 11.8 Å². The van der Waals surface area contributed by atoms with Gasteiger partial charge in [-0.2, -0.15) is 0 Å². The highest BCUT2D eigenvalue weighted by atomic mass is 19.1. The third-order valence-corrected chi connectivity index (χ3v) is 4.56. The van der Waals surface area contributed by atoms with Gasteiger partial charge in [-0.3, -0.25) is 5.32 Å². The normalized spacial score (nSPS) is 20.4. The van der Waals surface area contributed by atoms with Crippen molar-refractivity contribution >= 4 is 17.5 Å². The number of anilines is 2. The van der Waals surface area contributed by atoms with Crippen molar-refractivity contribution in [1.82, 2.24) is 9.88 Å². The molecule has 2 unspecified atom stereocenters. The van der Waals surface area contributed by atoms with Crippen LogP contribution in [0.5, 0.6) is 0 Å². The quantitative estimate of drug-likeness (QED) is 0.781. The summed E-state index contributed by atoms with van der Waals surface area (Å²) in [6.45, 7) is 1.63. The number of aliphatic hydroxyl groups excluding tert-OH is 1. The van der Waals surface area contributed by atoms with Crippen molar-refractivity contribution in [3.8, 4) is 11.3 Å². The second kappa shape index (κ2) is 7.06. The molecular formula is C18H21FN4O2. The lowest BCUT2D eigenvalue weighted by atomic mass is 10.1. The molecule has 1 aliphatic carbocycles. The zero-order chi connectivity index (χ0) is 18.0. The van der Waals surface area contributed by atoms with Gasteiger partial charge in [0.2, 0.25) is 0 Å². The number of nitrogens with one attached hydrogen (secondary N) is 1.